The molecule has 0 rings (SSSR count). The molecule has 0 aliphatic heterocycles. The van der Waals surface area contributed by atoms with Gasteiger partial charge in [0.05, 0.1) is 12.7 Å². The van der Waals surface area contributed by atoms with Crippen molar-refractivity contribution in [1.82, 2.24) is 4.90 Å². The maximum atomic E-state index is 6.42. The predicted molar refractivity (Wildman–Crippen MR) is 151 cm³/mol. The van der Waals surface area contributed by atoms with Crippen LogP contribution in [0.4, 0.5) is 0 Å². The first kappa shape index (κ1) is 32.6. The third-order valence-electron chi connectivity index (χ3n) is 6.70. The van der Waals surface area contributed by atoms with Crippen LogP contribution in [-0.2, 0) is 9.16 Å². The fraction of sp³-hybridized carbons (Fsp3) is 0.862. The van der Waals surface area contributed by atoms with Crippen LogP contribution in [0.1, 0.15) is 105 Å². The van der Waals surface area contributed by atoms with Crippen molar-refractivity contribution >= 4 is 8.32 Å². The van der Waals surface area contributed by atoms with Crippen molar-refractivity contribution in [2.75, 3.05) is 33.9 Å². The zero-order valence-corrected chi connectivity index (χ0v) is 24.8. The molecule has 0 aromatic carbocycles. The van der Waals surface area contributed by atoms with Crippen LogP contribution in [0.15, 0.2) is 24.3 Å². The Kier molecular flexibility index (Phi) is 19.6. The molecule has 0 spiro atoms. The third kappa shape index (κ3) is 19.6. The van der Waals surface area contributed by atoms with Gasteiger partial charge in [-0.1, -0.05) is 90.5 Å². The van der Waals surface area contributed by atoms with E-state index < -0.39 is 8.32 Å². The number of nitrogens with zero attached hydrogens (tertiary/aromatic N) is 1. The van der Waals surface area contributed by atoms with E-state index in [2.05, 4.69) is 84.1 Å². The average molecular weight is 482 g/mol. The highest BCUT2D eigenvalue weighted by atomic mass is 28.4. The fourth-order valence-electron chi connectivity index (χ4n) is 3.42. The van der Waals surface area contributed by atoms with E-state index in [-0.39, 0.29) is 11.1 Å². The number of hydrogen-bond acceptors (Lipinski definition) is 3. The van der Waals surface area contributed by atoms with Crippen LogP contribution >= 0.6 is 0 Å². The maximum Gasteiger partial charge on any atom is 0.192 e. The highest BCUT2D eigenvalue weighted by Crippen LogP contribution is 2.36. The molecule has 196 valence electrons. The van der Waals surface area contributed by atoms with Gasteiger partial charge in [0.2, 0.25) is 0 Å². The van der Waals surface area contributed by atoms with Crippen LogP contribution in [0.5, 0.6) is 0 Å². The minimum atomic E-state index is -1.72. The summed E-state index contributed by atoms with van der Waals surface area (Å²) in [6, 6.07) is 0. The molecule has 0 aliphatic rings. The first-order valence-corrected chi connectivity index (χ1v) is 16.7. The topological polar surface area (TPSA) is 21.7 Å². The van der Waals surface area contributed by atoms with E-state index in [1.54, 1.807) is 0 Å². The Balaban J connectivity index is 3.77. The zero-order chi connectivity index (χ0) is 25.0. The number of allylic oxidation sites excluding steroid dienone is 4. The molecule has 3 nitrogen and oxygen atoms in total. The van der Waals surface area contributed by atoms with Crippen molar-refractivity contribution in [2.45, 2.75) is 129 Å². The first-order chi connectivity index (χ1) is 15.6. The SMILES string of the molecule is CCCCC/C=C\C/C=C\CCCCCCCCOC(CO[Si](C)(C)C(C)(C)C)CN(C)C. The number of hydrogen-bond donors (Lipinski definition) is 0. The summed E-state index contributed by atoms with van der Waals surface area (Å²) in [5.74, 6) is 0. The van der Waals surface area contributed by atoms with Gasteiger partial charge in [-0.2, -0.15) is 0 Å². The largest absolute Gasteiger partial charge is 0.414 e. The first-order valence-electron chi connectivity index (χ1n) is 13.8. The summed E-state index contributed by atoms with van der Waals surface area (Å²) in [5.41, 5.74) is 0. The Bertz CT molecular complexity index is 494. The van der Waals surface area contributed by atoms with Crippen molar-refractivity contribution in [2.24, 2.45) is 0 Å². The van der Waals surface area contributed by atoms with Gasteiger partial charge in [-0.05, 0) is 70.8 Å². The van der Waals surface area contributed by atoms with E-state index in [1.165, 1.54) is 64.2 Å². The zero-order valence-electron chi connectivity index (χ0n) is 23.8. The van der Waals surface area contributed by atoms with Gasteiger partial charge in [0.15, 0.2) is 8.32 Å². The summed E-state index contributed by atoms with van der Waals surface area (Å²) in [4.78, 5) is 2.21. The molecule has 0 aromatic rings. The molecule has 0 aromatic heterocycles. The molecular weight excluding hydrogens is 422 g/mol. The molecule has 1 atom stereocenters. The Hall–Kier alpha value is -0.423. The lowest BCUT2D eigenvalue weighted by atomic mass is 10.1. The van der Waals surface area contributed by atoms with Gasteiger partial charge in [-0.15, -0.1) is 0 Å². The van der Waals surface area contributed by atoms with Crippen LogP contribution < -0.4 is 0 Å². The number of likely N-dealkylation sites (N-methyl/N-ethyl adjacent to an activating group) is 1. The summed E-state index contributed by atoms with van der Waals surface area (Å²) >= 11 is 0. The van der Waals surface area contributed by atoms with E-state index in [4.69, 9.17) is 9.16 Å². The van der Waals surface area contributed by atoms with E-state index in [0.717, 1.165) is 32.6 Å². The molecule has 0 heterocycles. The predicted octanol–water partition coefficient (Wildman–Crippen LogP) is 8.77. The monoisotopic (exact) mass is 481 g/mol. The van der Waals surface area contributed by atoms with Crippen LogP contribution in [-0.4, -0.2) is 53.2 Å². The van der Waals surface area contributed by atoms with E-state index >= 15 is 0 Å². The number of unbranched alkanes of at least 4 members (excludes halogenated alkanes) is 9. The smallest absolute Gasteiger partial charge is 0.192 e. The highest BCUT2D eigenvalue weighted by Gasteiger charge is 2.37. The molecule has 0 radical (unpaired) electrons. The molecule has 0 saturated heterocycles. The van der Waals surface area contributed by atoms with Gasteiger partial charge in [0.25, 0.3) is 0 Å². The second-order valence-corrected chi connectivity index (χ2v) is 16.2. The Morgan fingerprint density at radius 1 is 0.788 bits per heavy atom. The molecule has 0 N–H and O–H groups in total. The van der Waals surface area contributed by atoms with Crippen molar-refractivity contribution in [1.29, 1.82) is 0 Å². The lowest BCUT2D eigenvalue weighted by Crippen LogP contribution is -2.44. The minimum Gasteiger partial charge on any atom is -0.414 e. The fourth-order valence-corrected chi connectivity index (χ4v) is 4.45. The van der Waals surface area contributed by atoms with Gasteiger partial charge in [-0.25, -0.2) is 0 Å². The molecule has 0 bridgehead atoms. The van der Waals surface area contributed by atoms with Crippen molar-refractivity contribution in [3.63, 3.8) is 0 Å². The second-order valence-electron chi connectivity index (χ2n) is 11.4. The summed E-state index contributed by atoms with van der Waals surface area (Å²) in [7, 11) is 2.51. The summed E-state index contributed by atoms with van der Waals surface area (Å²) < 4.78 is 12.6. The molecule has 4 heteroatoms. The van der Waals surface area contributed by atoms with Gasteiger partial charge >= 0.3 is 0 Å². The molecule has 1 unspecified atom stereocenters. The van der Waals surface area contributed by atoms with Crippen LogP contribution in [0.3, 0.4) is 0 Å². The third-order valence-corrected chi connectivity index (χ3v) is 11.2. The normalized spacial score (nSPS) is 14.2. The van der Waals surface area contributed by atoms with Gasteiger partial charge in [0, 0.05) is 13.2 Å². The lowest BCUT2D eigenvalue weighted by molar-refractivity contribution is 0.00101. The Labute approximate surface area is 209 Å². The quantitative estimate of drug-likeness (QED) is 0.0928. The molecule has 0 fully saturated rings. The van der Waals surface area contributed by atoms with E-state index in [1.807, 2.05) is 0 Å². The summed E-state index contributed by atoms with van der Waals surface area (Å²) in [6.45, 7) is 16.3. The van der Waals surface area contributed by atoms with Gasteiger partial charge in [0.1, 0.15) is 0 Å². The maximum absolute atomic E-state index is 6.42. The molecule has 33 heavy (non-hydrogen) atoms. The Morgan fingerprint density at radius 3 is 1.88 bits per heavy atom. The van der Waals surface area contributed by atoms with Gasteiger partial charge < -0.3 is 14.1 Å². The number of rotatable bonds is 21. The van der Waals surface area contributed by atoms with E-state index in [9.17, 15) is 0 Å². The Morgan fingerprint density at radius 2 is 1.33 bits per heavy atom. The molecule has 0 amide bonds. The van der Waals surface area contributed by atoms with Crippen molar-refractivity contribution in [3.8, 4) is 0 Å². The summed E-state index contributed by atoms with van der Waals surface area (Å²) in [6.07, 6.45) is 24.9. The molecular formula is C29H59NO2Si. The standard InChI is InChI=1S/C29H59NO2Si/c1-9-10-11-12-13-14-15-16-17-18-19-20-21-22-23-24-25-31-28(26-30(5)6)27-32-33(7,8)29(2,3)4/h13-14,16-17,28H,9-12,15,18-27H2,1-8H3/b14-13-,17-16-. The van der Waals surface area contributed by atoms with Crippen LogP contribution in [0.2, 0.25) is 18.1 Å². The molecule has 0 saturated carbocycles. The van der Waals surface area contributed by atoms with Crippen molar-refractivity contribution in [3.05, 3.63) is 24.3 Å². The van der Waals surface area contributed by atoms with Crippen LogP contribution in [0.25, 0.3) is 0 Å². The van der Waals surface area contributed by atoms with Crippen LogP contribution in [0, 0.1) is 0 Å². The second kappa shape index (κ2) is 19.8. The molecule has 0 aliphatic carbocycles. The lowest BCUT2D eigenvalue weighted by Gasteiger charge is -2.37. The van der Waals surface area contributed by atoms with E-state index in [0.29, 0.717) is 0 Å². The summed E-state index contributed by atoms with van der Waals surface area (Å²) in [5, 5.41) is 0.246. The van der Waals surface area contributed by atoms with Gasteiger partial charge in [-0.3, -0.25) is 0 Å². The highest BCUT2D eigenvalue weighted by molar-refractivity contribution is 6.74. The minimum absolute atomic E-state index is 0.173. The van der Waals surface area contributed by atoms with Crippen molar-refractivity contribution < 1.29 is 9.16 Å². The average Bonchev–Trinajstić information content (AvgIpc) is 2.73. The number of ether oxygens (including phenoxy) is 1.